The van der Waals surface area contributed by atoms with Gasteiger partial charge in [0.15, 0.2) is 0 Å². The Hall–Kier alpha value is -2.17. The van der Waals surface area contributed by atoms with E-state index in [1.807, 2.05) is 26.8 Å². The van der Waals surface area contributed by atoms with Gasteiger partial charge in [-0.1, -0.05) is 12.1 Å². The van der Waals surface area contributed by atoms with Crippen molar-refractivity contribution >= 4 is 5.91 Å². The standard InChI is InChI=1S/C16H18FN3O/c1-9(15-10(2)18-19-11(15)3)16(21)20-7-12-5-4-6-14(17)13(12)8-20/h4-6,9H,7-8H2,1-3H3,(H,18,19). The van der Waals surface area contributed by atoms with Gasteiger partial charge in [0, 0.05) is 29.9 Å². The number of benzene rings is 1. The van der Waals surface area contributed by atoms with Crippen molar-refractivity contribution in [1.82, 2.24) is 15.1 Å². The van der Waals surface area contributed by atoms with Gasteiger partial charge in [0.25, 0.3) is 0 Å². The number of H-pyrrole nitrogens is 1. The second-order valence-corrected chi connectivity index (χ2v) is 5.64. The van der Waals surface area contributed by atoms with E-state index in [0.717, 1.165) is 22.5 Å². The SMILES string of the molecule is Cc1n[nH]c(C)c1C(C)C(=O)N1Cc2cccc(F)c2C1. The Balaban J connectivity index is 1.84. The van der Waals surface area contributed by atoms with Crippen molar-refractivity contribution in [1.29, 1.82) is 0 Å². The summed E-state index contributed by atoms with van der Waals surface area (Å²) in [5.74, 6) is -0.495. The topological polar surface area (TPSA) is 49.0 Å². The molecule has 1 atom stereocenters. The van der Waals surface area contributed by atoms with Crippen LogP contribution in [-0.2, 0) is 17.9 Å². The molecular formula is C16H18FN3O. The van der Waals surface area contributed by atoms with E-state index < -0.39 is 0 Å². The number of nitrogens with one attached hydrogen (secondary N) is 1. The molecule has 1 N–H and O–H groups in total. The molecule has 1 aliphatic rings. The number of nitrogens with zero attached hydrogens (tertiary/aromatic N) is 2. The number of halogens is 1. The first-order valence-corrected chi connectivity index (χ1v) is 7.05. The van der Waals surface area contributed by atoms with Crippen LogP contribution in [0.3, 0.4) is 0 Å². The van der Waals surface area contributed by atoms with E-state index >= 15 is 0 Å². The molecular weight excluding hydrogens is 269 g/mol. The fourth-order valence-corrected chi connectivity index (χ4v) is 3.13. The molecule has 0 aliphatic carbocycles. The van der Waals surface area contributed by atoms with Gasteiger partial charge in [-0.05, 0) is 32.4 Å². The maximum Gasteiger partial charge on any atom is 0.230 e. The van der Waals surface area contributed by atoms with Crippen molar-refractivity contribution in [3.8, 4) is 0 Å². The van der Waals surface area contributed by atoms with Gasteiger partial charge in [-0.15, -0.1) is 0 Å². The summed E-state index contributed by atoms with van der Waals surface area (Å²) in [5.41, 5.74) is 4.23. The lowest BCUT2D eigenvalue weighted by Crippen LogP contribution is -2.30. The van der Waals surface area contributed by atoms with E-state index in [-0.39, 0.29) is 17.6 Å². The highest BCUT2D eigenvalue weighted by atomic mass is 19.1. The average Bonchev–Trinajstić information content (AvgIpc) is 3.02. The molecule has 5 heteroatoms. The Morgan fingerprint density at radius 2 is 2.14 bits per heavy atom. The molecule has 0 radical (unpaired) electrons. The zero-order chi connectivity index (χ0) is 15.1. The molecule has 1 aromatic heterocycles. The van der Waals surface area contributed by atoms with E-state index in [0.29, 0.717) is 18.7 Å². The monoisotopic (exact) mass is 287 g/mol. The van der Waals surface area contributed by atoms with Crippen LogP contribution in [0.1, 0.15) is 40.9 Å². The largest absolute Gasteiger partial charge is 0.333 e. The maximum absolute atomic E-state index is 13.8. The lowest BCUT2D eigenvalue weighted by molar-refractivity contribution is -0.133. The van der Waals surface area contributed by atoms with Crippen LogP contribution in [0.15, 0.2) is 18.2 Å². The van der Waals surface area contributed by atoms with Gasteiger partial charge >= 0.3 is 0 Å². The number of amides is 1. The second-order valence-electron chi connectivity index (χ2n) is 5.64. The fraction of sp³-hybridized carbons (Fsp3) is 0.375. The summed E-state index contributed by atoms with van der Waals surface area (Å²) in [6, 6.07) is 5.02. The molecule has 1 aromatic carbocycles. The predicted molar refractivity (Wildman–Crippen MR) is 77.1 cm³/mol. The second kappa shape index (κ2) is 4.98. The van der Waals surface area contributed by atoms with Crippen LogP contribution in [0, 0.1) is 19.7 Å². The third kappa shape index (κ3) is 2.22. The van der Waals surface area contributed by atoms with E-state index in [1.54, 1.807) is 11.0 Å². The first-order chi connectivity index (χ1) is 9.99. The van der Waals surface area contributed by atoms with Crippen molar-refractivity contribution < 1.29 is 9.18 Å². The highest BCUT2D eigenvalue weighted by molar-refractivity contribution is 5.84. The first kappa shape index (κ1) is 13.8. The summed E-state index contributed by atoms with van der Waals surface area (Å²) < 4.78 is 13.8. The molecule has 0 spiro atoms. The van der Waals surface area contributed by atoms with Gasteiger partial charge < -0.3 is 4.90 Å². The Bertz CT molecular complexity index is 688. The molecule has 21 heavy (non-hydrogen) atoms. The van der Waals surface area contributed by atoms with E-state index in [1.165, 1.54) is 6.07 Å². The highest BCUT2D eigenvalue weighted by Gasteiger charge is 2.31. The van der Waals surface area contributed by atoms with E-state index in [2.05, 4.69) is 10.2 Å². The molecule has 1 amide bonds. The molecule has 1 unspecified atom stereocenters. The number of fused-ring (bicyclic) bond motifs is 1. The van der Waals surface area contributed by atoms with Crippen molar-refractivity contribution in [3.63, 3.8) is 0 Å². The normalized spacial score (nSPS) is 15.1. The van der Waals surface area contributed by atoms with E-state index in [9.17, 15) is 9.18 Å². The minimum absolute atomic E-state index is 0.0122. The number of hydrogen-bond donors (Lipinski definition) is 1. The maximum atomic E-state index is 13.8. The van der Waals surface area contributed by atoms with Crippen LogP contribution < -0.4 is 0 Å². The smallest absolute Gasteiger partial charge is 0.230 e. The highest BCUT2D eigenvalue weighted by Crippen LogP contribution is 2.30. The molecule has 0 bridgehead atoms. The molecule has 2 aromatic rings. The number of rotatable bonds is 2. The van der Waals surface area contributed by atoms with Crippen LogP contribution >= 0.6 is 0 Å². The Morgan fingerprint density at radius 1 is 1.38 bits per heavy atom. The molecule has 3 rings (SSSR count). The van der Waals surface area contributed by atoms with E-state index in [4.69, 9.17) is 0 Å². The molecule has 0 saturated carbocycles. The first-order valence-electron chi connectivity index (χ1n) is 7.05. The van der Waals surface area contributed by atoms with Crippen LogP contribution in [0.2, 0.25) is 0 Å². The van der Waals surface area contributed by atoms with Crippen LogP contribution in [-0.4, -0.2) is 21.0 Å². The molecule has 2 heterocycles. The number of aryl methyl sites for hydroxylation is 2. The lowest BCUT2D eigenvalue weighted by atomic mass is 9.98. The Morgan fingerprint density at radius 3 is 2.76 bits per heavy atom. The third-order valence-electron chi connectivity index (χ3n) is 4.23. The van der Waals surface area contributed by atoms with Crippen LogP contribution in [0.4, 0.5) is 4.39 Å². The minimum Gasteiger partial charge on any atom is -0.333 e. The van der Waals surface area contributed by atoms with Gasteiger partial charge in [-0.3, -0.25) is 9.89 Å². The molecule has 1 aliphatic heterocycles. The Labute approximate surface area is 123 Å². The van der Waals surface area contributed by atoms with Crippen LogP contribution in [0.25, 0.3) is 0 Å². The molecule has 0 fully saturated rings. The van der Waals surface area contributed by atoms with Crippen molar-refractivity contribution in [3.05, 3.63) is 52.1 Å². The molecule has 0 saturated heterocycles. The lowest BCUT2D eigenvalue weighted by Gasteiger charge is -2.20. The van der Waals surface area contributed by atoms with Crippen molar-refractivity contribution in [2.24, 2.45) is 0 Å². The summed E-state index contributed by atoms with van der Waals surface area (Å²) in [6.45, 7) is 6.51. The molecule has 110 valence electrons. The van der Waals surface area contributed by atoms with Crippen molar-refractivity contribution in [2.45, 2.75) is 39.8 Å². The Kier molecular flexibility index (Phi) is 3.27. The van der Waals surface area contributed by atoms with Crippen LogP contribution in [0.5, 0.6) is 0 Å². The number of aromatic nitrogens is 2. The quantitative estimate of drug-likeness (QED) is 0.923. The average molecular weight is 287 g/mol. The van der Waals surface area contributed by atoms with Gasteiger partial charge in [0.1, 0.15) is 5.82 Å². The summed E-state index contributed by atoms with van der Waals surface area (Å²) >= 11 is 0. The third-order valence-corrected chi connectivity index (χ3v) is 4.23. The van der Waals surface area contributed by atoms with Gasteiger partial charge in [0.05, 0.1) is 11.6 Å². The zero-order valence-electron chi connectivity index (χ0n) is 12.4. The molecule has 4 nitrogen and oxygen atoms in total. The number of hydrogen-bond acceptors (Lipinski definition) is 2. The predicted octanol–water partition coefficient (Wildman–Crippen LogP) is 2.81. The minimum atomic E-state index is -0.277. The fourth-order valence-electron chi connectivity index (χ4n) is 3.13. The number of aromatic amines is 1. The summed E-state index contributed by atoms with van der Waals surface area (Å²) in [7, 11) is 0. The van der Waals surface area contributed by atoms with Gasteiger partial charge in [0.2, 0.25) is 5.91 Å². The summed E-state index contributed by atoms with van der Waals surface area (Å²) in [6.07, 6.45) is 0. The van der Waals surface area contributed by atoms with Gasteiger partial charge in [-0.25, -0.2) is 4.39 Å². The summed E-state index contributed by atoms with van der Waals surface area (Å²) in [5, 5.41) is 7.05. The van der Waals surface area contributed by atoms with Crippen molar-refractivity contribution in [2.75, 3.05) is 0 Å². The number of carbonyl (C=O) groups is 1. The zero-order valence-corrected chi connectivity index (χ0v) is 12.4. The summed E-state index contributed by atoms with van der Waals surface area (Å²) in [4.78, 5) is 14.4. The van der Waals surface area contributed by atoms with Gasteiger partial charge in [-0.2, -0.15) is 5.10 Å². The number of carbonyl (C=O) groups excluding carboxylic acids is 1.